The number of nitrogens with zero attached hydrogens (tertiary/aromatic N) is 4. The van der Waals surface area contributed by atoms with Crippen LogP contribution in [0.1, 0.15) is 36.2 Å². The lowest BCUT2D eigenvalue weighted by Gasteiger charge is -2.25. The summed E-state index contributed by atoms with van der Waals surface area (Å²) in [7, 11) is 0. The molecule has 3 heterocycles. The molecule has 1 aromatic rings. The van der Waals surface area contributed by atoms with Crippen LogP contribution in [0.15, 0.2) is 5.38 Å². The van der Waals surface area contributed by atoms with E-state index < -0.39 is 0 Å². The Balaban J connectivity index is 1.52. The van der Waals surface area contributed by atoms with E-state index in [1.807, 2.05) is 9.80 Å². The first kappa shape index (κ1) is 12.3. The molecule has 3 fully saturated rings. The van der Waals surface area contributed by atoms with Crippen molar-refractivity contribution in [1.82, 2.24) is 19.4 Å². The van der Waals surface area contributed by atoms with Crippen LogP contribution in [0.5, 0.6) is 0 Å². The van der Waals surface area contributed by atoms with Crippen molar-refractivity contribution in [1.29, 1.82) is 0 Å². The first-order valence-electron chi connectivity index (χ1n) is 7.11. The third kappa shape index (κ3) is 1.91. The van der Waals surface area contributed by atoms with Gasteiger partial charge in [0.25, 0.3) is 5.91 Å². The summed E-state index contributed by atoms with van der Waals surface area (Å²) in [6.07, 6.45) is 3.86. The van der Waals surface area contributed by atoms with E-state index in [9.17, 15) is 9.59 Å². The van der Waals surface area contributed by atoms with Crippen molar-refractivity contribution in [2.45, 2.75) is 37.8 Å². The zero-order valence-corrected chi connectivity index (χ0v) is 11.9. The maximum absolute atomic E-state index is 12.4. The number of carbonyl (C=O) groups excluding carboxylic acids is 2. The van der Waals surface area contributed by atoms with E-state index in [1.165, 1.54) is 24.4 Å². The number of fused-ring (bicyclic) bond motifs is 1. The fraction of sp³-hybridized carbons (Fsp3) is 0.692. The Morgan fingerprint density at radius 2 is 2.20 bits per heavy atom. The average Bonchev–Trinajstić information content (AvgIpc) is 2.87. The summed E-state index contributed by atoms with van der Waals surface area (Å²) in [5.74, 6) is 0.832. The van der Waals surface area contributed by atoms with Gasteiger partial charge in [-0.1, -0.05) is 4.49 Å². The minimum atomic E-state index is -0.0766. The molecule has 7 heteroatoms. The molecule has 0 bridgehead atoms. The van der Waals surface area contributed by atoms with Crippen LogP contribution in [-0.2, 0) is 4.79 Å². The van der Waals surface area contributed by atoms with Crippen LogP contribution in [0.4, 0.5) is 0 Å². The van der Waals surface area contributed by atoms with Crippen molar-refractivity contribution in [2.24, 2.45) is 5.92 Å². The molecule has 2 aliphatic heterocycles. The Morgan fingerprint density at radius 3 is 2.90 bits per heavy atom. The lowest BCUT2D eigenvalue weighted by atomic mass is 10.1. The second-order valence-electron chi connectivity index (χ2n) is 5.91. The molecular weight excluding hydrogens is 276 g/mol. The van der Waals surface area contributed by atoms with Gasteiger partial charge in [-0.15, -0.1) is 5.10 Å². The van der Waals surface area contributed by atoms with Gasteiger partial charge in [-0.3, -0.25) is 9.59 Å². The quantitative estimate of drug-likeness (QED) is 0.825. The molecule has 2 amide bonds. The lowest BCUT2D eigenvalue weighted by molar-refractivity contribution is -0.129. The van der Waals surface area contributed by atoms with Crippen LogP contribution in [0.3, 0.4) is 0 Å². The summed E-state index contributed by atoms with van der Waals surface area (Å²) < 4.78 is 3.74. The first-order chi connectivity index (χ1) is 9.74. The molecule has 0 spiro atoms. The highest BCUT2D eigenvalue weighted by atomic mass is 32.1. The monoisotopic (exact) mass is 292 g/mol. The molecule has 3 aliphatic rings. The molecule has 0 unspecified atom stereocenters. The van der Waals surface area contributed by atoms with Gasteiger partial charge >= 0.3 is 0 Å². The number of hydrogen-bond donors (Lipinski definition) is 0. The van der Waals surface area contributed by atoms with Gasteiger partial charge in [-0.05, 0) is 36.7 Å². The largest absolute Gasteiger partial charge is 0.337 e. The third-order valence-electron chi connectivity index (χ3n) is 4.61. The van der Waals surface area contributed by atoms with Gasteiger partial charge < -0.3 is 9.80 Å². The smallest absolute Gasteiger partial charge is 0.275 e. The highest BCUT2D eigenvalue weighted by Crippen LogP contribution is 2.37. The molecule has 1 aromatic heterocycles. The lowest BCUT2D eigenvalue weighted by Crippen LogP contribution is -2.40. The van der Waals surface area contributed by atoms with Crippen molar-refractivity contribution >= 4 is 23.3 Å². The van der Waals surface area contributed by atoms with Gasteiger partial charge in [-0.25, -0.2) is 0 Å². The molecule has 106 valence electrons. The van der Waals surface area contributed by atoms with Crippen LogP contribution in [0.2, 0.25) is 0 Å². The zero-order chi connectivity index (χ0) is 13.7. The van der Waals surface area contributed by atoms with Crippen molar-refractivity contribution in [2.75, 3.05) is 13.1 Å². The number of aromatic nitrogens is 2. The van der Waals surface area contributed by atoms with Crippen molar-refractivity contribution < 1.29 is 9.59 Å². The number of amides is 2. The topological polar surface area (TPSA) is 66.4 Å². The Labute approximate surface area is 120 Å². The van der Waals surface area contributed by atoms with E-state index in [0.29, 0.717) is 18.0 Å². The molecule has 1 saturated carbocycles. The summed E-state index contributed by atoms with van der Waals surface area (Å²) in [5.41, 5.74) is 0.406. The van der Waals surface area contributed by atoms with Gasteiger partial charge in [0.05, 0.1) is 12.1 Å². The Morgan fingerprint density at radius 1 is 1.35 bits per heavy atom. The van der Waals surface area contributed by atoms with E-state index in [-0.39, 0.29) is 23.9 Å². The molecule has 0 N–H and O–H groups in total. The molecule has 1 aliphatic carbocycles. The van der Waals surface area contributed by atoms with Crippen molar-refractivity contribution in [3.05, 3.63) is 11.1 Å². The highest BCUT2D eigenvalue weighted by molar-refractivity contribution is 7.03. The molecule has 20 heavy (non-hydrogen) atoms. The van der Waals surface area contributed by atoms with Crippen LogP contribution in [-0.4, -0.2) is 56.4 Å². The number of rotatable bonds is 3. The molecule has 0 radical (unpaired) electrons. The fourth-order valence-corrected chi connectivity index (χ4v) is 3.83. The minimum absolute atomic E-state index is 0.0375. The van der Waals surface area contributed by atoms with Gasteiger partial charge in [0.1, 0.15) is 0 Å². The maximum Gasteiger partial charge on any atom is 0.275 e. The van der Waals surface area contributed by atoms with Gasteiger partial charge in [0.2, 0.25) is 5.91 Å². The van der Waals surface area contributed by atoms with Crippen LogP contribution in [0.25, 0.3) is 0 Å². The Bertz CT molecular complexity index is 543. The Kier molecular flexibility index (Phi) is 2.76. The molecule has 2 saturated heterocycles. The number of likely N-dealkylation sites (tertiary alicyclic amines) is 2. The van der Waals surface area contributed by atoms with E-state index in [0.717, 1.165) is 19.5 Å². The van der Waals surface area contributed by atoms with E-state index in [4.69, 9.17) is 0 Å². The average molecular weight is 292 g/mol. The third-order valence-corrected chi connectivity index (χ3v) is 5.11. The van der Waals surface area contributed by atoms with Gasteiger partial charge in [0, 0.05) is 24.9 Å². The van der Waals surface area contributed by atoms with E-state index in [1.54, 1.807) is 5.38 Å². The molecule has 4 rings (SSSR count). The Hall–Kier alpha value is -1.50. The van der Waals surface area contributed by atoms with Crippen LogP contribution < -0.4 is 0 Å². The fourth-order valence-electron chi connectivity index (χ4n) is 3.40. The summed E-state index contributed by atoms with van der Waals surface area (Å²) in [4.78, 5) is 28.4. The molecule has 6 nitrogen and oxygen atoms in total. The van der Waals surface area contributed by atoms with Crippen LogP contribution in [0, 0.1) is 5.92 Å². The standard InChI is InChI=1S/C13H16N4O2S/c18-12-5-11-10(17(12)6-8-1-2-8)3-4-16(11)13(19)9-7-20-15-14-9/h7-8,10-11H,1-6H2/t10-,11+/m1/s1. The van der Waals surface area contributed by atoms with Crippen LogP contribution >= 0.6 is 11.5 Å². The van der Waals surface area contributed by atoms with Crippen molar-refractivity contribution in [3.8, 4) is 0 Å². The summed E-state index contributed by atoms with van der Waals surface area (Å²) in [6, 6.07) is 0.258. The van der Waals surface area contributed by atoms with E-state index in [2.05, 4.69) is 9.59 Å². The SMILES string of the molecule is O=C1C[C@H]2[C@@H](CCN2C(=O)c2csnn2)N1CC1CC1. The summed E-state index contributed by atoms with van der Waals surface area (Å²) in [5, 5.41) is 5.53. The second-order valence-corrected chi connectivity index (χ2v) is 6.52. The zero-order valence-electron chi connectivity index (χ0n) is 11.1. The highest BCUT2D eigenvalue weighted by Gasteiger charge is 2.49. The molecular formula is C13H16N4O2S. The van der Waals surface area contributed by atoms with Gasteiger partial charge in [-0.2, -0.15) is 0 Å². The second kappa shape index (κ2) is 4.51. The number of hydrogen-bond acceptors (Lipinski definition) is 5. The minimum Gasteiger partial charge on any atom is -0.337 e. The van der Waals surface area contributed by atoms with Crippen molar-refractivity contribution in [3.63, 3.8) is 0 Å². The molecule has 2 atom stereocenters. The predicted octanol–water partition coefficient (Wildman–Crippen LogP) is 0.764. The van der Waals surface area contributed by atoms with Gasteiger partial charge in [0.15, 0.2) is 5.69 Å². The summed E-state index contributed by atoms with van der Waals surface area (Å²) >= 11 is 1.18. The maximum atomic E-state index is 12.4. The normalized spacial score (nSPS) is 29.1. The first-order valence-corrected chi connectivity index (χ1v) is 7.95. The number of carbonyl (C=O) groups is 2. The predicted molar refractivity (Wildman–Crippen MR) is 72.2 cm³/mol. The summed E-state index contributed by atoms with van der Waals surface area (Å²) in [6.45, 7) is 1.61. The molecule has 0 aromatic carbocycles. The van der Waals surface area contributed by atoms with E-state index >= 15 is 0 Å².